The van der Waals surface area contributed by atoms with Crippen molar-refractivity contribution in [2.24, 2.45) is 0 Å². The smallest absolute Gasteiger partial charge is 0.333 e. The van der Waals surface area contributed by atoms with Crippen LogP contribution in [0, 0.1) is 0 Å². The van der Waals surface area contributed by atoms with E-state index in [1.807, 2.05) is 48.5 Å². The number of aromatic nitrogens is 2. The number of nitrogens with zero attached hydrogens (tertiary/aromatic N) is 2. The van der Waals surface area contributed by atoms with Crippen LogP contribution in [-0.4, -0.2) is 40.1 Å². The molecule has 0 saturated heterocycles. The number of carbonyl (C=O) groups is 1. The van der Waals surface area contributed by atoms with Gasteiger partial charge >= 0.3 is 11.7 Å². The lowest BCUT2D eigenvalue weighted by molar-refractivity contribution is 0.194. The van der Waals surface area contributed by atoms with Crippen LogP contribution in [0.3, 0.4) is 0 Å². The lowest BCUT2D eigenvalue weighted by atomic mass is 9.94. The van der Waals surface area contributed by atoms with Crippen LogP contribution in [0.2, 0.25) is 0 Å². The summed E-state index contributed by atoms with van der Waals surface area (Å²) in [4.78, 5) is 30.4. The van der Waals surface area contributed by atoms with Gasteiger partial charge in [-0.2, -0.15) is 0 Å². The fourth-order valence-corrected chi connectivity index (χ4v) is 4.37. The number of hydrogen-bond donors (Lipinski definition) is 2. The van der Waals surface area contributed by atoms with Gasteiger partial charge in [-0.25, -0.2) is 14.2 Å². The molecule has 1 aliphatic rings. The van der Waals surface area contributed by atoms with E-state index >= 15 is 0 Å². The van der Waals surface area contributed by atoms with E-state index in [2.05, 4.69) is 22.2 Å². The summed E-state index contributed by atoms with van der Waals surface area (Å²) in [6.07, 6.45) is 7.48. The molecule has 0 atom stereocenters. The molecule has 1 saturated carbocycles. The number of aromatic amines is 1. The van der Waals surface area contributed by atoms with Crippen LogP contribution in [0.5, 0.6) is 0 Å². The van der Waals surface area contributed by atoms with Crippen LogP contribution in [-0.2, 0) is 13.0 Å². The summed E-state index contributed by atoms with van der Waals surface area (Å²) in [6, 6.07) is 15.8. The van der Waals surface area contributed by atoms with Gasteiger partial charge in [0.2, 0.25) is 0 Å². The zero-order valence-electron chi connectivity index (χ0n) is 17.6. The Morgan fingerprint density at radius 2 is 1.87 bits per heavy atom. The first-order chi connectivity index (χ1) is 14.6. The lowest BCUT2D eigenvalue weighted by Gasteiger charge is -2.31. The van der Waals surface area contributed by atoms with Crippen molar-refractivity contribution < 1.29 is 4.79 Å². The molecule has 0 spiro atoms. The second-order valence-corrected chi connectivity index (χ2v) is 8.28. The molecule has 2 N–H and O–H groups in total. The third-order valence-electron chi connectivity index (χ3n) is 6.19. The van der Waals surface area contributed by atoms with Gasteiger partial charge in [-0.05, 0) is 49.6 Å². The summed E-state index contributed by atoms with van der Waals surface area (Å²) >= 11 is 0. The molecule has 2 aromatic carbocycles. The Hall–Kier alpha value is -2.86. The Morgan fingerprint density at radius 1 is 1.10 bits per heavy atom. The monoisotopic (exact) mass is 406 g/mol. The van der Waals surface area contributed by atoms with Crippen LogP contribution < -0.4 is 11.0 Å². The van der Waals surface area contributed by atoms with E-state index in [0.717, 1.165) is 24.1 Å². The molecule has 158 valence electrons. The van der Waals surface area contributed by atoms with Crippen molar-refractivity contribution in [1.29, 1.82) is 0 Å². The lowest BCUT2D eigenvalue weighted by Crippen LogP contribution is -2.35. The van der Waals surface area contributed by atoms with Gasteiger partial charge in [0, 0.05) is 19.1 Å². The first-order valence-corrected chi connectivity index (χ1v) is 10.9. The van der Waals surface area contributed by atoms with E-state index in [0.29, 0.717) is 23.6 Å². The van der Waals surface area contributed by atoms with Gasteiger partial charge in [-0.3, -0.25) is 0 Å². The highest BCUT2D eigenvalue weighted by atomic mass is 16.2. The van der Waals surface area contributed by atoms with Crippen molar-refractivity contribution in [2.45, 2.75) is 51.1 Å². The average Bonchev–Trinajstić information content (AvgIpc) is 3.12. The van der Waals surface area contributed by atoms with Crippen LogP contribution in [0.15, 0.2) is 53.3 Å². The molecule has 0 aliphatic heterocycles. The van der Waals surface area contributed by atoms with Crippen LogP contribution >= 0.6 is 0 Å². The molecular formula is C24H30N4O2. The minimum absolute atomic E-state index is 0.380. The van der Waals surface area contributed by atoms with Gasteiger partial charge in [0.1, 0.15) is 0 Å². The number of rotatable bonds is 6. The Bertz CT molecular complexity index is 1050. The van der Waals surface area contributed by atoms with Crippen LogP contribution in [0.25, 0.3) is 11.0 Å². The van der Waals surface area contributed by atoms with Gasteiger partial charge in [0.15, 0.2) is 0 Å². The molecule has 4 rings (SSSR count). The number of nitrogens with one attached hydrogen (secondary N) is 2. The molecule has 0 bridgehead atoms. The van der Waals surface area contributed by atoms with Crippen molar-refractivity contribution in [3.63, 3.8) is 0 Å². The molecule has 1 heterocycles. The predicted molar refractivity (Wildman–Crippen MR) is 120 cm³/mol. The predicted octanol–water partition coefficient (Wildman–Crippen LogP) is 3.89. The van der Waals surface area contributed by atoms with Crippen molar-refractivity contribution >= 4 is 17.1 Å². The Kier molecular flexibility index (Phi) is 6.33. The topological polar surface area (TPSA) is 70.1 Å². The molecule has 1 aromatic heterocycles. The molecule has 1 amide bonds. The van der Waals surface area contributed by atoms with Gasteiger partial charge in [0.25, 0.3) is 0 Å². The molecule has 6 heteroatoms. The number of H-pyrrole nitrogens is 1. The number of hydrogen-bond acceptors (Lipinski definition) is 3. The standard InChI is InChI=1S/C24H30N4O2/c1-27(20-10-6-3-7-11-20)15-14-18-12-13-21-22(16-18)28(24(30)26-21)23(29)25-17-19-8-4-2-5-9-19/h2,4-5,8-9,12-13,16,20H,3,6-7,10-11,14-15,17H2,1H3,(H,25,29)(H,26,30). The van der Waals surface area contributed by atoms with E-state index in [9.17, 15) is 9.59 Å². The molecule has 0 unspecified atom stereocenters. The minimum atomic E-state index is -0.411. The summed E-state index contributed by atoms with van der Waals surface area (Å²) in [5.74, 6) is 0. The zero-order chi connectivity index (χ0) is 20.9. The van der Waals surface area contributed by atoms with Gasteiger partial charge in [-0.1, -0.05) is 55.7 Å². The summed E-state index contributed by atoms with van der Waals surface area (Å²) in [7, 11) is 2.21. The second kappa shape index (κ2) is 9.30. The fraction of sp³-hybridized carbons (Fsp3) is 0.417. The number of benzene rings is 2. The Morgan fingerprint density at radius 3 is 2.63 bits per heavy atom. The highest BCUT2D eigenvalue weighted by Gasteiger charge is 2.18. The van der Waals surface area contributed by atoms with Gasteiger partial charge in [-0.15, -0.1) is 0 Å². The van der Waals surface area contributed by atoms with E-state index in [1.54, 1.807) is 0 Å². The number of imidazole rings is 1. The largest absolute Gasteiger partial charge is 0.334 e. The molecule has 1 aliphatic carbocycles. The first-order valence-electron chi connectivity index (χ1n) is 10.9. The normalized spacial score (nSPS) is 15.0. The van der Waals surface area contributed by atoms with Gasteiger partial charge < -0.3 is 15.2 Å². The summed E-state index contributed by atoms with van der Waals surface area (Å²) < 4.78 is 1.20. The quantitative estimate of drug-likeness (QED) is 0.652. The summed E-state index contributed by atoms with van der Waals surface area (Å²) in [5, 5.41) is 2.84. The maximum absolute atomic E-state index is 12.7. The van der Waals surface area contributed by atoms with Crippen LogP contribution in [0.1, 0.15) is 43.2 Å². The van der Waals surface area contributed by atoms with Gasteiger partial charge in [0.05, 0.1) is 11.0 Å². The van der Waals surface area contributed by atoms with E-state index in [4.69, 9.17) is 0 Å². The Balaban J connectivity index is 1.46. The SMILES string of the molecule is CN(CCc1ccc2[nH]c(=O)n(C(=O)NCc3ccccc3)c2c1)C1CCCCC1. The third kappa shape index (κ3) is 4.65. The van der Waals surface area contributed by atoms with Crippen LogP contribution in [0.4, 0.5) is 4.79 Å². The number of fused-ring (bicyclic) bond motifs is 1. The maximum Gasteiger partial charge on any atom is 0.334 e. The highest BCUT2D eigenvalue weighted by Crippen LogP contribution is 2.22. The molecule has 1 fully saturated rings. The fourth-order valence-electron chi connectivity index (χ4n) is 4.37. The molecule has 0 radical (unpaired) electrons. The second-order valence-electron chi connectivity index (χ2n) is 8.28. The van der Waals surface area contributed by atoms with Crippen molar-refractivity contribution in [2.75, 3.05) is 13.6 Å². The minimum Gasteiger partial charge on any atom is -0.333 e. The van der Waals surface area contributed by atoms with Crippen molar-refractivity contribution in [3.05, 3.63) is 70.1 Å². The Labute approximate surface area is 176 Å². The number of amides is 1. The van der Waals surface area contributed by atoms with E-state index in [1.165, 1.54) is 36.7 Å². The molecule has 6 nitrogen and oxygen atoms in total. The summed E-state index contributed by atoms with van der Waals surface area (Å²) in [5.41, 5.74) is 3.02. The summed E-state index contributed by atoms with van der Waals surface area (Å²) in [6.45, 7) is 1.36. The molecule has 30 heavy (non-hydrogen) atoms. The maximum atomic E-state index is 12.7. The van der Waals surface area contributed by atoms with Crippen molar-refractivity contribution in [3.8, 4) is 0 Å². The number of carbonyl (C=O) groups excluding carboxylic acids is 1. The number of likely N-dealkylation sites (N-methyl/N-ethyl adjacent to an activating group) is 1. The molecular weight excluding hydrogens is 376 g/mol. The first kappa shape index (κ1) is 20.4. The van der Waals surface area contributed by atoms with Crippen molar-refractivity contribution in [1.82, 2.24) is 19.8 Å². The van der Waals surface area contributed by atoms with E-state index in [-0.39, 0.29) is 0 Å². The zero-order valence-corrected chi connectivity index (χ0v) is 17.6. The van der Waals surface area contributed by atoms with E-state index < -0.39 is 11.7 Å². The molecule has 3 aromatic rings. The third-order valence-corrected chi connectivity index (χ3v) is 6.19. The average molecular weight is 407 g/mol. The highest BCUT2D eigenvalue weighted by molar-refractivity contribution is 5.89.